The van der Waals surface area contributed by atoms with Crippen molar-refractivity contribution in [3.05, 3.63) is 71.9 Å². The summed E-state index contributed by atoms with van der Waals surface area (Å²) in [6.45, 7) is 4.50. The molecule has 5 heteroatoms. The maximum atomic E-state index is 5.85. The van der Waals surface area contributed by atoms with Crippen LogP contribution in [0.2, 0.25) is 0 Å². The average Bonchev–Trinajstić information content (AvgIpc) is 3.01. The molecule has 0 radical (unpaired) electrons. The van der Waals surface area contributed by atoms with Crippen LogP contribution in [0.3, 0.4) is 0 Å². The fraction of sp³-hybridized carbons (Fsp3) is 0.222. The van der Waals surface area contributed by atoms with Gasteiger partial charge in [0.1, 0.15) is 11.5 Å². The van der Waals surface area contributed by atoms with Gasteiger partial charge >= 0.3 is 0 Å². The van der Waals surface area contributed by atoms with Crippen molar-refractivity contribution in [2.75, 3.05) is 0 Å². The van der Waals surface area contributed by atoms with Crippen LogP contribution in [-0.4, -0.2) is 10.1 Å². The fourth-order valence-electron chi connectivity index (χ4n) is 2.19. The first-order valence-corrected chi connectivity index (χ1v) is 7.56. The third-order valence-corrected chi connectivity index (χ3v) is 3.40. The zero-order chi connectivity index (χ0) is 16.1. The summed E-state index contributed by atoms with van der Waals surface area (Å²) in [6, 6.07) is 17.7. The first-order chi connectivity index (χ1) is 11.2. The zero-order valence-corrected chi connectivity index (χ0v) is 13.2. The number of aryl methyl sites for hydroxylation is 1. The molecule has 5 nitrogen and oxygen atoms in total. The number of nitrogens with zero attached hydrogens (tertiary/aromatic N) is 2. The number of aromatic nitrogens is 2. The second-order valence-corrected chi connectivity index (χ2v) is 5.34. The van der Waals surface area contributed by atoms with Crippen molar-refractivity contribution in [2.24, 2.45) is 0 Å². The third-order valence-electron chi connectivity index (χ3n) is 3.40. The van der Waals surface area contributed by atoms with E-state index in [-0.39, 0.29) is 6.04 Å². The Morgan fingerprint density at radius 1 is 1.09 bits per heavy atom. The lowest BCUT2D eigenvalue weighted by Crippen LogP contribution is -2.18. The molecular formula is C18H19N3O2. The summed E-state index contributed by atoms with van der Waals surface area (Å²) in [4.78, 5) is 4.23. The molecule has 0 fully saturated rings. The van der Waals surface area contributed by atoms with E-state index in [0.29, 0.717) is 18.3 Å². The summed E-state index contributed by atoms with van der Waals surface area (Å²) < 4.78 is 11.0. The maximum absolute atomic E-state index is 5.85. The predicted molar refractivity (Wildman–Crippen MR) is 87.2 cm³/mol. The lowest BCUT2D eigenvalue weighted by atomic mass is 10.2. The van der Waals surface area contributed by atoms with E-state index >= 15 is 0 Å². The van der Waals surface area contributed by atoms with E-state index in [4.69, 9.17) is 9.26 Å². The van der Waals surface area contributed by atoms with Crippen LogP contribution >= 0.6 is 0 Å². The standard InChI is InChI=1S/C18H19N3O2/c1-13(18-20-14(2)21-23-18)19-12-15-7-6-10-17(11-15)22-16-8-4-3-5-9-16/h3-11,13,19H,12H2,1-2H3/t13-/m0/s1. The van der Waals surface area contributed by atoms with Gasteiger partial charge in [0.25, 0.3) is 0 Å². The van der Waals surface area contributed by atoms with Crippen LogP contribution in [0.5, 0.6) is 11.5 Å². The highest BCUT2D eigenvalue weighted by Gasteiger charge is 2.12. The lowest BCUT2D eigenvalue weighted by Gasteiger charge is -2.11. The van der Waals surface area contributed by atoms with Crippen molar-refractivity contribution in [2.45, 2.75) is 26.4 Å². The van der Waals surface area contributed by atoms with Crippen molar-refractivity contribution in [1.82, 2.24) is 15.5 Å². The molecule has 1 atom stereocenters. The van der Waals surface area contributed by atoms with Crippen LogP contribution in [0.1, 0.15) is 30.2 Å². The van der Waals surface area contributed by atoms with Gasteiger partial charge in [-0.25, -0.2) is 0 Å². The van der Waals surface area contributed by atoms with Crippen LogP contribution in [0.15, 0.2) is 59.1 Å². The molecule has 3 aromatic rings. The number of hydrogen-bond acceptors (Lipinski definition) is 5. The van der Waals surface area contributed by atoms with Gasteiger partial charge in [-0.3, -0.25) is 0 Å². The van der Waals surface area contributed by atoms with Crippen molar-refractivity contribution in [3.8, 4) is 11.5 Å². The number of para-hydroxylation sites is 1. The van der Waals surface area contributed by atoms with Crippen molar-refractivity contribution >= 4 is 0 Å². The Kier molecular flexibility index (Phi) is 4.68. The molecule has 0 aliphatic heterocycles. The fourth-order valence-corrected chi connectivity index (χ4v) is 2.19. The topological polar surface area (TPSA) is 60.2 Å². The molecule has 0 spiro atoms. The van der Waals surface area contributed by atoms with Gasteiger partial charge in [-0.2, -0.15) is 4.98 Å². The molecule has 23 heavy (non-hydrogen) atoms. The minimum atomic E-state index is -0.00472. The Balaban J connectivity index is 1.61. The van der Waals surface area contributed by atoms with Crippen LogP contribution in [0.4, 0.5) is 0 Å². The van der Waals surface area contributed by atoms with Gasteiger partial charge in [0, 0.05) is 6.54 Å². The number of rotatable bonds is 6. The molecule has 3 rings (SSSR count). The molecule has 118 valence electrons. The van der Waals surface area contributed by atoms with Crippen LogP contribution in [-0.2, 0) is 6.54 Å². The molecule has 0 aliphatic carbocycles. The Bertz CT molecular complexity index is 756. The third kappa shape index (κ3) is 4.17. The lowest BCUT2D eigenvalue weighted by molar-refractivity contribution is 0.336. The highest BCUT2D eigenvalue weighted by Crippen LogP contribution is 2.22. The van der Waals surface area contributed by atoms with Gasteiger partial charge in [0.15, 0.2) is 5.82 Å². The summed E-state index contributed by atoms with van der Waals surface area (Å²) in [5.41, 5.74) is 1.13. The van der Waals surface area contributed by atoms with E-state index in [1.54, 1.807) is 0 Å². The molecule has 0 aliphatic rings. The summed E-state index contributed by atoms with van der Waals surface area (Å²) in [6.07, 6.45) is 0. The molecule has 0 saturated heterocycles. The molecular weight excluding hydrogens is 290 g/mol. The normalized spacial score (nSPS) is 12.1. The first-order valence-electron chi connectivity index (χ1n) is 7.56. The predicted octanol–water partition coefficient (Wildman–Crippen LogP) is 4.02. The van der Waals surface area contributed by atoms with Gasteiger partial charge in [0.2, 0.25) is 5.89 Å². The Morgan fingerprint density at radius 3 is 2.61 bits per heavy atom. The van der Waals surface area contributed by atoms with Crippen LogP contribution < -0.4 is 10.1 Å². The molecule has 0 amide bonds. The van der Waals surface area contributed by atoms with Gasteiger partial charge in [-0.05, 0) is 43.7 Å². The van der Waals surface area contributed by atoms with Gasteiger partial charge in [-0.1, -0.05) is 35.5 Å². The molecule has 0 saturated carbocycles. The smallest absolute Gasteiger partial charge is 0.243 e. The van der Waals surface area contributed by atoms with Crippen molar-refractivity contribution < 1.29 is 9.26 Å². The van der Waals surface area contributed by atoms with E-state index in [1.165, 1.54) is 0 Å². The monoisotopic (exact) mass is 309 g/mol. The average molecular weight is 309 g/mol. The molecule has 0 unspecified atom stereocenters. The molecule has 1 N–H and O–H groups in total. The minimum absolute atomic E-state index is 0.00472. The largest absolute Gasteiger partial charge is 0.457 e. The zero-order valence-electron chi connectivity index (χ0n) is 13.2. The summed E-state index contributed by atoms with van der Waals surface area (Å²) in [7, 11) is 0. The highest BCUT2D eigenvalue weighted by molar-refractivity contribution is 5.33. The number of hydrogen-bond donors (Lipinski definition) is 1. The van der Waals surface area contributed by atoms with E-state index in [0.717, 1.165) is 17.1 Å². The Labute approximate surface area is 135 Å². The number of ether oxygens (including phenoxy) is 1. The molecule has 1 heterocycles. The molecule has 0 bridgehead atoms. The summed E-state index contributed by atoms with van der Waals surface area (Å²) >= 11 is 0. The van der Waals surface area contributed by atoms with E-state index in [9.17, 15) is 0 Å². The maximum Gasteiger partial charge on any atom is 0.243 e. The van der Waals surface area contributed by atoms with Gasteiger partial charge < -0.3 is 14.6 Å². The summed E-state index contributed by atoms with van der Waals surface area (Å²) in [5, 5.41) is 7.18. The quantitative estimate of drug-likeness (QED) is 0.745. The number of benzene rings is 2. The van der Waals surface area contributed by atoms with E-state index in [2.05, 4.69) is 21.5 Å². The second-order valence-electron chi connectivity index (χ2n) is 5.34. The Hall–Kier alpha value is -2.66. The van der Waals surface area contributed by atoms with Gasteiger partial charge in [-0.15, -0.1) is 0 Å². The Morgan fingerprint density at radius 2 is 1.87 bits per heavy atom. The molecule has 2 aromatic carbocycles. The van der Waals surface area contributed by atoms with Crippen LogP contribution in [0.25, 0.3) is 0 Å². The summed E-state index contributed by atoms with van der Waals surface area (Å²) in [5.74, 6) is 2.88. The van der Waals surface area contributed by atoms with E-state index < -0.39 is 0 Å². The van der Waals surface area contributed by atoms with Crippen molar-refractivity contribution in [3.63, 3.8) is 0 Å². The number of nitrogens with one attached hydrogen (secondary N) is 1. The van der Waals surface area contributed by atoms with E-state index in [1.807, 2.05) is 62.4 Å². The van der Waals surface area contributed by atoms with Crippen molar-refractivity contribution in [1.29, 1.82) is 0 Å². The first kappa shape index (κ1) is 15.2. The minimum Gasteiger partial charge on any atom is -0.457 e. The van der Waals surface area contributed by atoms with Crippen LogP contribution in [0, 0.1) is 6.92 Å². The SMILES string of the molecule is Cc1noc([C@H](C)NCc2cccc(Oc3ccccc3)c2)n1. The van der Waals surface area contributed by atoms with Gasteiger partial charge in [0.05, 0.1) is 6.04 Å². The molecule has 1 aromatic heterocycles. The highest BCUT2D eigenvalue weighted by atomic mass is 16.5. The second kappa shape index (κ2) is 7.07.